The lowest BCUT2D eigenvalue weighted by molar-refractivity contribution is 0.300. The van der Waals surface area contributed by atoms with Gasteiger partial charge in [-0.05, 0) is 38.0 Å². The number of benzene rings is 1. The largest absolute Gasteiger partial charge is 0.490 e. The number of nitrogens with one attached hydrogen (secondary N) is 2. The van der Waals surface area contributed by atoms with Crippen LogP contribution in [0.5, 0.6) is 17.4 Å². The van der Waals surface area contributed by atoms with E-state index < -0.39 is 9.84 Å². The van der Waals surface area contributed by atoms with Gasteiger partial charge in [0.2, 0.25) is 5.88 Å². The summed E-state index contributed by atoms with van der Waals surface area (Å²) in [6, 6.07) is 11.2. The number of hydrogen-bond acceptors (Lipinski definition) is 6. The normalized spacial score (nSPS) is 12.4. The van der Waals surface area contributed by atoms with Gasteiger partial charge >= 0.3 is 0 Å². The first kappa shape index (κ1) is 28.0. The van der Waals surface area contributed by atoms with E-state index in [4.69, 9.17) is 9.47 Å². The van der Waals surface area contributed by atoms with Crippen LogP contribution >= 0.6 is 24.0 Å². The average Bonchev–Trinajstić information content (AvgIpc) is 2.75. The van der Waals surface area contributed by atoms with Crippen molar-refractivity contribution >= 4 is 39.8 Å². The molecule has 32 heavy (non-hydrogen) atoms. The topological polar surface area (TPSA) is 102 Å². The molecule has 1 unspecified atom stereocenters. The lowest BCUT2D eigenvalue weighted by Gasteiger charge is -2.18. The van der Waals surface area contributed by atoms with Crippen molar-refractivity contribution in [3.8, 4) is 17.4 Å². The zero-order chi connectivity index (χ0) is 22.7. The Balaban J connectivity index is 0.00000512. The molecule has 0 aliphatic rings. The summed E-state index contributed by atoms with van der Waals surface area (Å²) in [6.07, 6.45) is 4.31. The Hall–Kier alpha value is -2.08. The average molecular weight is 577 g/mol. The summed E-state index contributed by atoms with van der Waals surface area (Å²) in [4.78, 5) is 8.58. The van der Waals surface area contributed by atoms with Crippen LogP contribution in [-0.4, -0.2) is 51.1 Å². The van der Waals surface area contributed by atoms with E-state index in [9.17, 15) is 8.42 Å². The summed E-state index contributed by atoms with van der Waals surface area (Å²) in [5.41, 5.74) is 0.847. The zero-order valence-electron chi connectivity index (χ0n) is 19.0. The van der Waals surface area contributed by atoms with Crippen LogP contribution in [0.25, 0.3) is 0 Å². The van der Waals surface area contributed by atoms with Crippen LogP contribution in [0, 0.1) is 0 Å². The highest BCUT2D eigenvalue weighted by molar-refractivity contribution is 14.0. The molecule has 0 radical (unpaired) electrons. The molecule has 178 valence electrons. The molecule has 0 fully saturated rings. The number of pyridine rings is 1. The molecule has 2 N–H and O–H groups in total. The first-order valence-electron chi connectivity index (χ1n) is 10.3. The molecule has 0 aliphatic carbocycles. The summed E-state index contributed by atoms with van der Waals surface area (Å²) in [5.74, 6) is 2.45. The molecule has 0 saturated carbocycles. The Morgan fingerprint density at radius 1 is 1.19 bits per heavy atom. The standard InChI is InChI=1S/C22H32N4O4S.HI/c1-5-14-29-19-10-6-7-11-20(19)30-21-18(9-8-13-24-21)16-25-22(23-3)26-17(2)12-15-31(4,27)28;/h6-11,13,17H,5,12,14-16H2,1-4H3,(H2,23,25,26);1H. The molecule has 0 spiro atoms. The van der Waals surface area contributed by atoms with Crippen molar-refractivity contribution in [2.45, 2.75) is 39.3 Å². The van der Waals surface area contributed by atoms with E-state index in [-0.39, 0.29) is 35.8 Å². The molecule has 8 nitrogen and oxygen atoms in total. The van der Waals surface area contributed by atoms with Gasteiger partial charge < -0.3 is 20.1 Å². The van der Waals surface area contributed by atoms with Crippen molar-refractivity contribution in [3.63, 3.8) is 0 Å². The molecular weight excluding hydrogens is 543 g/mol. The maximum atomic E-state index is 11.4. The number of hydrogen-bond donors (Lipinski definition) is 2. The van der Waals surface area contributed by atoms with Crippen LogP contribution in [0.1, 0.15) is 32.3 Å². The van der Waals surface area contributed by atoms with E-state index in [2.05, 4.69) is 27.5 Å². The minimum atomic E-state index is -3.00. The zero-order valence-corrected chi connectivity index (χ0v) is 22.1. The second-order valence-corrected chi connectivity index (χ2v) is 9.51. The number of rotatable bonds is 11. The molecule has 0 aliphatic heterocycles. The van der Waals surface area contributed by atoms with Crippen molar-refractivity contribution in [3.05, 3.63) is 48.2 Å². The molecule has 0 amide bonds. The van der Waals surface area contributed by atoms with Crippen molar-refractivity contribution < 1.29 is 17.9 Å². The molecule has 1 heterocycles. The minimum Gasteiger partial charge on any atom is -0.490 e. The predicted octanol–water partition coefficient (Wildman–Crippen LogP) is 3.77. The van der Waals surface area contributed by atoms with Gasteiger partial charge in [-0.2, -0.15) is 0 Å². The fourth-order valence-electron chi connectivity index (χ4n) is 2.69. The monoisotopic (exact) mass is 576 g/mol. The van der Waals surface area contributed by atoms with Gasteiger partial charge in [0.1, 0.15) is 9.84 Å². The number of sulfone groups is 1. The Kier molecular flexibility index (Phi) is 12.4. The molecule has 2 aromatic rings. The maximum absolute atomic E-state index is 11.4. The van der Waals surface area contributed by atoms with Crippen LogP contribution in [0.4, 0.5) is 0 Å². The van der Waals surface area contributed by atoms with E-state index >= 15 is 0 Å². The van der Waals surface area contributed by atoms with Crippen molar-refractivity contribution in [2.24, 2.45) is 4.99 Å². The lowest BCUT2D eigenvalue weighted by Crippen LogP contribution is -2.42. The van der Waals surface area contributed by atoms with Gasteiger partial charge in [0.15, 0.2) is 17.5 Å². The highest BCUT2D eigenvalue weighted by Crippen LogP contribution is 2.31. The summed E-state index contributed by atoms with van der Waals surface area (Å²) in [7, 11) is -1.33. The SMILES string of the molecule is CCCOc1ccccc1Oc1ncccc1CNC(=NC)NC(C)CCS(C)(=O)=O.I. The molecule has 1 aromatic heterocycles. The second kappa shape index (κ2) is 14.1. The van der Waals surface area contributed by atoms with E-state index in [1.54, 1.807) is 13.2 Å². The molecule has 0 bridgehead atoms. The Morgan fingerprint density at radius 2 is 1.91 bits per heavy atom. The van der Waals surface area contributed by atoms with Crippen LogP contribution in [0.15, 0.2) is 47.6 Å². The highest BCUT2D eigenvalue weighted by atomic mass is 127. The first-order chi connectivity index (χ1) is 14.8. The van der Waals surface area contributed by atoms with Crippen molar-refractivity contribution in [1.82, 2.24) is 15.6 Å². The van der Waals surface area contributed by atoms with Gasteiger partial charge in [-0.15, -0.1) is 24.0 Å². The smallest absolute Gasteiger partial charge is 0.224 e. The fourth-order valence-corrected chi connectivity index (χ4v) is 3.47. The van der Waals surface area contributed by atoms with E-state index in [1.807, 2.05) is 43.3 Å². The summed E-state index contributed by atoms with van der Waals surface area (Å²) < 4.78 is 34.6. The van der Waals surface area contributed by atoms with Crippen LogP contribution in [-0.2, 0) is 16.4 Å². The van der Waals surface area contributed by atoms with E-state index in [0.717, 1.165) is 12.0 Å². The van der Waals surface area contributed by atoms with Gasteiger partial charge in [-0.1, -0.05) is 25.1 Å². The van der Waals surface area contributed by atoms with E-state index in [1.165, 1.54) is 6.26 Å². The number of guanidine groups is 1. The second-order valence-electron chi connectivity index (χ2n) is 7.25. The van der Waals surface area contributed by atoms with Crippen LogP contribution < -0.4 is 20.1 Å². The van der Waals surface area contributed by atoms with Gasteiger partial charge in [0.05, 0.1) is 12.4 Å². The van der Waals surface area contributed by atoms with Crippen molar-refractivity contribution in [1.29, 1.82) is 0 Å². The van der Waals surface area contributed by atoms with Gasteiger partial charge in [0.25, 0.3) is 0 Å². The Morgan fingerprint density at radius 3 is 2.56 bits per heavy atom. The van der Waals surface area contributed by atoms with E-state index in [0.29, 0.717) is 42.9 Å². The highest BCUT2D eigenvalue weighted by Gasteiger charge is 2.13. The van der Waals surface area contributed by atoms with Gasteiger partial charge in [0, 0.05) is 37.7 Å². The third kappa shape index (κ3) is 10.0. The van der Waals surface area contributed by atoms with Gasteiger partial charge in [-0.3, -0.25) is 4.99 Å². The van der Waals surface area contributed by atoms with Crippen LogP contribution in [0.3, 0.4) is 0 Å². The Labute approximate surface area is 208 Å². The summed E-state index contributed by atoms with van der Waals surface area (Å²) in [5, 5.41) is 6.43. The number of nitrogens with zero attached hydrogens (tertiary/aromatic N) is 2. The number of para-hydroxylation sites is 2. The number of aliphatic imine (C=N–C) groups is 1. The molecule has 10 heteroatoms. The number of aromatic nitrogens is 1. The first-order valence-corrected chi connectivity index (χ1v) is 12.4. The number of ether oxygens (including phenoxy) is 2. The van der Waals surface area contributed by atoms with Crippen molar-refractivity contribution in [2.75, 3.05) is 25.7 Å². The van der Waals surface area contributed by atoms with Gasteiger partial charge in [-0.25, -0.2) is 13.4 Å². The predicted molar refractivity (Wildman–Crippen MR) is 139 cm³/mol. The fraction of sp³-hybridized carbons (Fsp3) is 0.455. The summed E-state index contributed by atoms with van der Waals surface area (Å²) >= 11 is 0. The molecule has 2 rings (SSSR count). The number of halogens is 1. The molecule has 0 saturated heterocycles. The Bertz CT molecular complexity index is 970. The third-order valence-electron chi connectivity index (χ3n) is 4.34. The maximum Gasteiger partial charge on any atom is 0.224 e. The van der Waals surface area contributed by atoms with Crippen LogP contribution in [0.2, 0.25) is 0 Å². The molecule has 1 aromatic carbocycles. The molecule has 1 atom stereocenters. The minimum absolute atomic E-state index is 0. The third-order valence-corrected chi connectivity index (χ3v) is 5.32. The lowest BCUT2D eigenvalue weighted by atomic mass is 10.2. The molecular formula is C22H33IN4O4S. The quantitative estimate of drug-likeness (QED) is 0.239. The summed E-state index contributed by atoms with van der Waals surface area (Å²) in [6.45, 7) is 5.01.